The maximum Gasteiger partial charge on any atom is 0.222 e. The third-order valence-corrected chi connectivity index (χ3v) is 4.70. The number of hydrogen-bond donors (Lipinski definition) is 1. The van der Waals surface area contributed by atoms with Crippen LogP contribution in [-0.2, 0) is 19.6 Å². The van der Waals surface area contributed by atoms with Crippen LogP contribution in [-0.4, -0.2) is 37.7 Å². The van der Waals surface area contributed by atoms with Gasteiger partial charge in [-0.3, -0.25) is 9.58 Å². The van der Waals surface area contributed by atoms with E-state index in [9.17, 15) is 0 Å². The Morgan fingerprint density at radius 2 is 2.08 bits per heavy atom. The molecule has 2 aromatic rings. The smallest absolute Gasteiger partial charge is 0.222 e. The quantitative estimate of drug-likeness (QED) is 0.736. The van der Waals surface area contributed by atoms with Crippen molar-refractivity contribution in [1.82, 2.24) is 24.6 Å². The fourth-order valence-electron chi connectivity index (χ4n) is 3.37. The van der Waals surface area contributed by atoms with Crippen LogP contribution in [0.2, 0.25) is 0 Å². The zero-order valence-electron chi connectivity index (χ0n) is 16.1. The SMILES string of the molecule is CC(C)=CCC[C@H](C)CN1CCn2nc(CNc3ncccn3)cc2C1. The molecule has 6 heteroatoms. The maximum absolute atomic E-state index is 4.71. The molecule has 0 saturated heterocycles. The van der Waals surface area contributed by atoms with Crippen molar-refractivity contribution in [3.8, 4) is 0 Å². The molecule has 0 saturated carbocycles. The van der Waals surface area contributed by atoms with Crippen LogP contribution in [0.15, 0.2) is 36.2 Å². The first-order valence-corrected chi connectivity index (χ1v) is 9.52. The van der Waals surface area contributed by atoms with Crippen molar-refractivity contribution in [3.63, 3.8) is 0 Å². The molecule has 1 atom stereocenters. The van der Waals surface area contributed by atoms with Crippen LogP contribution in [0.5, 0.6) is 0 Å². The average Bonchev–Trinajstić information content (AvgIpc) is 3.02. The van der Waals surface area contributed by atoms with Gasteiger partial charge in [-0.25, -0.2) is 9.97 Å². The minimum absolute atomic E-state index is 0.644. The Bertz CT molecular complexity index is 717. The molecule has 6 nitrogen and oxygen atoms in total. The lowest BCUT2D eigenvalue weighted by Crippen LogP contribution is -2.36. The number of hydrogen-bond acceptors (Lipinski definition) is 5. The average molecular weight is 355 g/mol. The van der Waals surface area contributed by atoms with Gasteiger partial charge >= 0.3 is 0 Å². The molecule has 0 radical (unpaired) electrons. The second-order valence-corrected chi connectivity index (χ2v) is 7.48. The van der Waals surface area contributed by atoms with E-state index in [1.807, 2.05) is 6.07 Å². The normalized spacial score (nSPS) is 15.3. The van der Waals surface area contributed by atoms with E-state index in [0.29, 0.717) is 12.5 Å². The lowest BCUT2D eigenvalue weighted by atomic mass is 10.0. The highest BCUT2D eigenvalue weighted by molar-refractivity contribution is 5.24. The molecule has 2 aromatic heterocycles. The largest absolute Gasteiger partial charge is 0.348 e. The van der Waals surface area contributed by atoms with Crippen LogP contribution >= 0.6 is 0 Å². The van der Waals surface area contributed by atoms with E-state index >= 15 is 0 Å². The van der Waals surface area contributed by atoms with Crippen molar-refractivity contribution in [2.45, 2.75) is 53.2 Å². The first kappa shape index (κ1) is 18.6. The van der Waals surface area contributed by atoms with Crippen LogP contribution in [0, 0.1) is 5.92 Å². The number of fused-ring (bicyclic) bond motifs is 1. The summed E-state index contributed by atoms with van der Waals surface area (Å²) in [4.78, 5) is 10.9. The van der Waals surface area contributed by atoms with Crippen molar-refractivity contribution >= 4 is 5.95 Å². The van der Waals surface area contributed by atoms with Gasteiger partial charge < -0.3 is 5.32 Å². The number of nitrogens with zero attached hydrogens (tertiary/aromatic N) is 5. The van der Waals surface area contributed by atoms with Crippen LogP contribution in [0.3, 0.4) is 0 Å². The Morgan fingerprint density at radius 3 is 2.85 bits per heavy atom. The summed E-state index contributed by atoms with van der Waals surface area (Å²) in [6.07, 6.45) is 8.27. The van der Waals surface area contributed by atoms with E-state index < -0.39 is 0 Å². The van der Waals surface area contributed by atoms with Crippen molar-refractivity contribution in [2.75, 3.05) is 18.4 Å². The molecule has 0 unspecified atom stereocenters. The first-order chi connectivity index (χ1) is 12.6. The number of nitrogens with one attached hydrogen (secondary N) is 1. The number of aromatic nitrogens is 4. The van der Waals surface area contributed by atoms with Gasteiger partial charge in [0.1, 0.15) is 0 Å². The number of rotatable bonds is 8. The van der Waals surface area contributed by atoms with Gasteiger partial charge in [0.25, 0.3) is 0 Å². The van der Waals surface area contributed by atoms with Crippen molar-refractivity contribution in [1.29, 1.82) is 0 Å². The Morgan fingerprint density at radius 1 is 1.27 bits per heavy atom. The van der Waals surface area contributed by atoms with E-state index in [-0.39, 0.29) is 0 Å². The second kappa shape index (κ2) is 8.94. The molecule has 0 aromatic carbocycles. The molecule has 26 heavy (non-hydrogen) atoms. The Balaban J connectivity index is 1.49. The molecule has 0 aliphatic carbocycles. The Kier molecular flexibility index (Phi) is 6.39. The third-order valence-electron chi connectivity index (χ3n) is 4.70. The topological polar surface area (TPSA) is 58.9 Å². The van der Waals surface area contributed by atoms with E-state index in [1.54, 1.807) is 12.4 Å². The minimum atomic E-state index is 0.644. The Labute approximate surface area is 156 Å². The highest BCUT2D eigenvalue weighted by atomic mass is 15.3. The van der Waals surface area contributed by atoms with Crippen LogP contribution in [0.4, 0.5) is 5.95 Å². The summed E-state index contributed by atoms with van der Waals surface area (Å²) in [7, 11) is 0. The highest BCUT2D eigenvalue weighted by Crippen LogP contribution is 2.17. The molecule has 0 amide bonds. The molecular weight excluding hydrogens is 324 g/mol. The maximum atomic E-state index is 4.71. The standard InChI is InChI=1S/C20H30N6/c1-16(2)6-4-7-17(3)14-25-10-11-26-19(15-25)12-18(24-26)13-23-20-21-8-5-9-22-20/h5-6,8-9,12,17H,4,7,10-11,13-15H2,1-3H3,(H,21,22,23)/t17-/m0/s1. The van der Waals surface area contributed by atoms with Crippen molar-refractivity contribution in [2.24, 2.45) is 5.92 Å². The van der Waals surface area contributed by atoms with Gasteiger partial charge in [0.2, 0.25) is 5.95 Å². The molecule has 0 fully saturated rings. The van der Waals surface area contributed by atoms with Crippen LogP contribution in [0.1, 0.15) is 45.0 Å². The van der Waals surface area contributed by atoms with Gasteiger partial charge in [-0.2, -0.15) is 5.10 Å². The van der Waals surface area contributed by atoms with E-state index in [2.05, 4.69) is 57.8 Å². The molecule has 3 rings (SSSR count). The molecular formula is C20H30N6. The van der Waals surface area contributed by atoms with Gasteiger partial charge in [-0.15, -0.1) is 0 Å². The predicted octanol–water partition coefficient (Wildman–Crippen LogP) is 3.48. The summed E-state index contributed by atoms with van der Waals surface area (Å²) < 4.78 is 2.15. The van der Waals surface area contributed by atoms with Crippen molar-refractivity contribution in [3.05, 3.63) is 47.6 Å². The van der Waals surface area contributed by atoms with Crippen LogP contribution in [0.25, 0.3) is 0 Å². The van der Waals surface area contributed by atoms with Gasteiger partial charge in [-0.1, -0.05) is 18.6 Å². The summed E-state index contributed by atoms with van der Waals surface area (Å²) >= 11 is 0. The van der Waals surface area contributed by atoms with Gasteiger partial charge in [0.15, 0.2) is 0 Å². The molecule has 3 heterocycles. The molecule has 0 bridgehead atoms. The summed E-state index contributed by atoms with van der Waals surface area (Å²) in [5, 5.41) is 7.94. The summed E-state index contributed by atoms with van der Waals surface area (Å²) in [5.41, 5.74) is 3.77. The van der Waals surface area contributed by atoms with Gasteiger partial charge in [0.05, 0.1) is 24.5 Å². The first-order valence-electron chi connectivity index (χ1n) is 9.52. The van der Waals surface area contributed by atoms with Gasteiger partial charge in [0, 0.05) is 32.0 Å². The lowest BCUT2D eigenvalue weighted by Gasteiger charge is -2.29. The zero-order valence-corrected chi connectivity index (χ0v) is 16.1. The summed E-state index contributed by atoms with van der Waals surface area (Å²) in [6, 6.07) is 4.02. The predicted molar refractivity (Wildman–Crippen MR) is 105 cm³/mol. The zero-order chi connectivity index (χ0) is 18.4. The fourth-order valence-corrected chi connectivity index (χ4v) is 3.37. The molecule has 1 aliphatic heterocycles. The van der Waals surface area contributed by atoms with Crippen molar-refractivity contribution < 1.29 is 0 Å². The van der Waals surface area contributed by atoms with Gasteiger partial charge in [-0.05, 0) is 44.7 Å². The monoisotopic (exact) mass is 354 g/mol. The van der Waals surface area contributed by atoms with E-state index in [0.717, 1.165) is 37.8 Å². The summed E-state index contributed by atoms with van der Waals surface area (Å²) in [5.74, 6) is 1.36. The number of anilines is 1. The molecule has 1 aliphatic rings. The molecule has 1 N–H and O–H groups in total. The third kappa shape index (κ3) is 5.39. The van der Waals surface area contributed by atoms with E-state index in [4.69, 9.17) is 5.10 Å². The number of allylic oxidation sites excluding steroid dienone is 2. The Hall–Kier alpha value is -2.21. The highest BCUT2D eigenvalue weighted by Gasteiger charge is 2.19. The lowest BCUT2D eigenvalue weighted by molar-refractivity contribution is 0.184. The summed E-state index contributed by atoms with van der Waals surface area (Å²) in [6.45, 7) is 11.6. The fraction of sp³-hybridized carbons (Fsp3) is 0.550. The van der Waals surface area contributed by atoms with Crippen LogP contribution < -0.4 is 5.32 Å². The molecule has 140 valence electrons. The van der Waals surface area contributed by atoms with E-state index in [1.165, 1.54) is 24.1 Å². The second-order valence-electron chi connectivity index (χ2n) is 7.48. The minimum Gasteiger partial charge on any atom is -0.348 e. The molecule has 0 spiro atoms.